The molecule has 0 N–H and O–H groups in total. The van der Waals surface area contributed by atoms with Crippen molar-refractivity contribution in [1.29, 1.82) is 0 Å². The molecule has 7 heteroatoms. The zero-order chi connectivity index (χ0) is 20.9. The monoisotopic (exact) mass is 460 g/mol. The van der Waals surface area contributed by atoms with Gasteiger partial charge in [0.2, 0.25) is 0 Å². The molecule has 0 aromatic heterocycles. The third-order valence-corrected chi connectivity index (χ3v) is 4.69. The Balaban J connectivity index is 2.75. The van der Waals surface area contributed by atoms with E-state index in [1.807, 2.05) is 13.8 Å². The number of ketones is 1. The van der Waals surface area contributed by atoms with Gasteiger partial charge in [-0.05, 0) is 44.7 Å². The standard InChI is InChI=1S/C21H30BrFO5/c1-4-27-20(25)9-8-16-6-5-7-18(21(16)23)17(19(24)14-22)10-11-26-12-13-28-15(2)3/h5-7,15,17H,4,8-14H2,1-3H3. The van der Waals surface area contributed by atoms with Crippen LogP contribution in [-0.2, 0) is 30.2 Å². The zero-order valence-corrected chi connectivity index (χ0v) is 18.4. The largest absolute Gasteiger partial charge is 0.466 e. The second-order valence-electron chi connectivity index (χ2n) is 6.60. The molecule has 0 amide bonds. The summed E-state index contributed by atoms with van der Waals surface area (Å²) in [5.41, 5.74) is 0.747. The number of halogens is 2. The van der Waals surface area contributed by atoms with Crippen LogP contribution in [0, 0.1) is 5.82 Å². The molecule has 1 unspecified atom stereocenters. The summed E-state index contributed by atoms with van der Waals surface area (Å²) in [6.07, 6.45) is 0.850. The Kier molecular flexibility index (Phi) is 12.2. The fourth-order valence-electron chi connectivity index (χ4n) is 2.76. The first-order chi connectivity index (χ1) is 13.4. The third kappa shape index (κ3) is 8.80. The summed E-state index contributed by atoms with van der Waals surface area (Å²) in [6, 6.07) is 4.97. The highest BCUT2D eigenvalue weighted by molar-refractivity contribution is 9.09. The molecule has 1 atom stereocenters. The first kappa shape index (κ1) is 24.7. The molecule has 0 heterocycles. The molecule has 0 spiro atoms. The number of ether oxygens (including phenoxy) is 3. The molecule has 28 heavy (non-hydrogen) atoms. The first-order valence-corrected chi connectivity index (χ1v) is 10.7. The third-order valence-electron chi connectivity index (χ3n) is 4.14. The van der Waals surface area contributed by atoms with Crippen molar-refractivity contribution in [3.63, 3.8) is 0 Å². The van der Waals surface area contributed by atoms with Crippen molar-refractivity contribution in [2.24, 2.45) is 0 Å². The van der Waals surface area contributed by atoms with Gasteiger partial charge >= 0.3 is 5.97 Å². The molecule has 1 aromatic rings. The van der Waals surface area contributed by atoms with Crippen molar-refractivity contribution in [2.75, 3.05) is 31.8 Å². The predicted molar refractivity (Wildman–Crippen MR) is 109 cm³/mol. The smallest absolute Gasteiger partial charge is 0.306 e. The van der Waals surface area contributed by atoms with E-state index in [2.05, 4.69) is 15.9 Å². The van der Waals surface area contributed by atoms with Crippen LogP contribution in [0.1, 0.15) is 50.7 Å². The Morgan fingerprint density at radius 3 is 2.57 bits per heavy atom. The second-order valence-corrected chi connectivity index (χ2v) is 7.16. The number of hydrogen-bond acceptors (Lipinski definition) is 5. The minimum atomic E-state index is -0.604. The highest BCUT2D eigenvalue weighted by atomic mass is 79.9. The van der Waals surface area contributed by atoms with Gasteiger partial charge in [-0.25, -0.2) is 4.39 Å². The van der Waals surface area contributed by atoms with Crippen molar-refractivity contribution in [2.45, 2.75) is 52.1 Å². The van der Waals surface area contributed by atoms with Crippen LogP contribution in [0.25, 0.3) is 0 Å². The fourth-order valence-corrected chi connectivity index (χ4v) is 3.15. The van der Waals surface area contributed by atoms with Gasteiger partial charge in [-0.15, -0.1) is 0 Å². The molecule has 0 bridgehead atoms. The van der Waals surface area contributed by atoms with E-state index in [0.29, 0.717) is 44.0 Å². The number of carbonyl (C=O) groups excluding carboxylic acids is 2. The van der Waals surface area contributed by atoms with Crippen LogP contribution in [0.4, 0.5) is 4.39 Å². The van der Waals surface area contributed by atoms with Crippen LogP contribution in [0.5, 0.6) is 0 Å². The molecule has 0 saturated carbocycles. The van der Waals surface area contributed by atoms with Crippen LogP contribution >= 0.6 is 15.9 Å². The molecule has 5 nitrogen and oxygen atoms in total. The topological polar surface area (TPSA) is 61.8 Å². The van der Waals surface area contributed by atoms with E-state index in [1.54, 1.807) is 25.1 Å². The Hall–Kier alpha value is -1.31. The summed E-state index contributed by atoms with van der Waals surface area (Å²) in [7, 11) is 0. The van der Waals surface area contributed by atoms with Gasteiger partial charge in [-0.3, -0.25) is 9.59 Å². The van der Waals surface area contributed by atoms with Gasteiger partial charge in [0.25, 0.3) is 0 Å². The molecule has 1 rings (SSSR count). The average molecular weight is 461 g/mol. The lowest BCUT2D eigenvalue weighted by Gasteiger charge is -2.18. The number of benzene rings is 1. The number of hydrogen-bond donors (Lipinski definition) is 0. The number of esters is 1. The maximum atomic E-state index is 15.0. The lowest BCUT2D eigenvalue weighted by atomic mass is 9.90. The minimum Gasteiger partial charge on any atom is -0.466 e. The van der Waals surface area contributed by atoms with E-state index in [0.717, 1.165) is 0 Å². The fraction of sp³-hybridized carbons (Fsp3) is 0.619. The molecule has 1 aromatic carbocycles. The van der Waals surface area contributed by atoms with E-state index in [9.17, 15) is 14.0 Å². The van der Waals surface area contributed by atoms with E-state index in [1.165, 1.54) is 0 Å². The molecular formula is C21H30BrFO5. The molecule has 0 saturated heterocycles. The van der Waals surface area contributed by atoms with Gasteiger partial charge < -0.3 is 14.2 Å². The Morgan fingerprint density at radius 2 is 1.93 bits per heavy atom. The van der Waals surface area contributed by atoms with Crippen molar-refractivity contribution >= 4 is 27.7 Å². The summed E-state index contributed by atoms with van der Waals surface area (Å²) >= 11 is 3.18. The molecular weight excluding hydrogens is 431 g/mol. The summed E-state index contributed by atoms with van der Waals surface area (Å²) < 4.78 is 30.8. The van der Waals surface area contributed by atoms with Crippen molar-refractivity contribution in [1.82, 2.24) is 0 Å². The van der Waals surface area contributed by atoms with E-state index in [4.69, 9.17) is 14.2 Å². The minimum absolute atomic E-state index is 0.101. The van der Waals surface area contributed by atoms with Crippen LogP contribution in [0.15, 0.2) is 18.2 Å². The first-order valence-electron chi connectivity index (χ1n) is 9.61. The van der Waals surface area contributed by atoms with Crippen molar-refractivity contribution in [3.05, 3.63) is 35.1 Å². The van der Waals surface area contributed by atoms with Crippen LogP contribution in [0.2, 0.25) is 0 Å². The number of aryl methyl sites for hydroxylation is 1. The number of carbonyl (C=O) groups is 2. The van der Waals surface area contributed by atoms with Crippen molar-refractivity contribution < 1.29 is 28.2 Å². The molecule has 0 aliphatic heterocycles. The SMILES string of the molecule is CCOC(=O)CCc1cccc(C(CCOCCOC(C)C)C(=O)CBr)c1F. The summed E-state index contributed by atoms with van der Waals surface area (Å²) in [5.74, 6) is -1.51. The van der Waals surface area contributed by atoms with Gasteiger partial charge in [0.15, 0.2) is 5.78 Å². The summed E-state index contributed by atoms with van der Waals surface area (Å²) in [4.78, 5) is 23.9. The Bertz CT molecular complexity index is 621. The maximum Gasteiger partial charge on any atom is 0.306 e. The predicted octanol–water partition coefficient (Wildman–Crippen LogP) is 4.20. The zero-order valence-electron chi connectivity index (χ0n) is 16.8. The Labute approximate surface area is 175 Å². The van der Waals surface area contributed by atoms with Gasteiger partial charge in [-0.2, -0.15) is 0 Å². The molecule has 0 fully saturated rings. The van der Waals surface area contributed by atoms with Gasteiger partial charge in [0, 0.05) is 18.9 Å². The molecule has 0 aliphatic rings. The Morgan fingerprint density at radius 1 is 1.18 bits per heavy atom. The quantitative estimate of drug-likeness (QED) is 0.236. The van der Waals surface area contributed by atoms with E-state index in [-0.39, 0.29) is 36.0 Å². The molecule has 0 radical (unpaired) electrons. The highest BCUT2D eigenvalue weighted by Crippen LogP contribution is 2.27. The molecule has 0 aliphatic carbocycles. The lowest BCUT2D eigenvalue weighted by Crippen LogP contribution is -2.19. The normalized spacial score (nSPS) is 12.2. The van der Waals surface area contributed by atoms with Gasteiger partial charge in [-0.1, -0.05) is 34.1 Å². The number of Topliss-reactive ketones (excluding diaryl/α,β-unsaturated/α-hetero) is 1. The average Bonchev–Trinajstić information content (AvgIpc) is 2.66. The highest BCUT2D eigenvalue weighted by Gasteiger charge is 2.24. The molecule has 158 valence electrons. The lowest BCUT2D eigenvalue weighted by molar-refractivity contribution is -0.143. The summed E-state index contributed by atoms with van der Waals surface area (Å²) in [5, 5.41) is 0.140. The van der Waals surface area contributed by atoms with Crippen LogP contribution < -0.4 is 0 Å². The van der Waals surface area contributed by atoms with E-state index < -0.39 is 11.7 Å². The number of alkyl halides is 1. The van der Waals surface area contributed by atoms with Crippen LogP contribution in [0.3, 0.4) is 0 Å². The van der Waals surface area contributed by atoms with E-state index >= 15 is 0 Å². The summed E-state index contributed by atoms with van der Waals surface area (Å²) in [6.45, 7) is 7.15. The van der Waals surface area contributed by atoms with Crippen LogP contribution in [-0.4, -0.2) is 49.6 Å². The van der Waals surface area contributed by atoms with Gasteiger partial charge in [0.1, 0.15) is 5.82 Å². The van der Waals surface area contributed by atoms with Crippen molar-refractivity contribution in [3.8, 4) is 0 Å². The second kappa shape index (κ2) is 13.8. The van der Waals surface area contributed by atoms with Gasteiger partial charge in [0.05, 0.1) is 31.3 Å². The number of rotatable bonds is 14. The maximum absolute atomic E-state index is 15.0.